The second kappa shape index (κ2) is 11.8. The SMILES string of the molecule is COc1cc([N+](=O)[O-])ccc1-n1c(C)cc([C@H]2[C@H](c3ccccn3)NC(=S)N2c2ccc(Oc3ccccc3C)cc2)c1C. The van der Waals surface area contributed by atoms with Crippen molar-refractivity contribution < 1.29 is 14.4 Å². The van der Waals surface area contributed by atoms with Crippen LogP contribution in [0.4, 0.5) is 11.4 Å². The van der Waals surface area contributed by atoms with E-state index in [9.17, 15) is 10.1 Å². The number of nitrogens with zero attached hydrogens (tertiary/aromatic N) is 4. The van der Waals surface area contributed by atoms with E-state index in [1.807, 2.05) is 87.5 Å². The van der Waals surface area contributed by atoms with Crippen molar-refractivity contribution in [1.82, 2.24) is 14.9 Å². The first-order chi connectivity index (χ1) is 21.3. The molecule has 1 saturated heterocycles. The first kappa shape index (κ1) is 28.9. The van der Waals surface area contributed by atoms with E-state index < -0.39 is 4.92 Å². The molecule has 1 N–H and O–H groups in total. The van der Waals surface area contributed by atoms with Crippen molar-refractivity contribution in [3.63, 3.8) is 0 Å². The van der Waals surface area contributed by atoms with Crippen molar-refractivity contribution in [2.24, 2.45) is 0 Å². The van der Waals surface area contributed by atoms with Gasteiger partial charge < -0.3 is 24.3 Å². The maximum atomic E-state index is 11.4. The van der Waals surface area contributed by atoms with E-state index in [0.717, 1.165) is 45.4 Å². The number of non-ortho nitro benzene ring substituents is 1. The lowest BCUT2D eigenvalue weighted by Crippen LogP contribution is -2.29. The number of hydrogen-bond acceptors (Lipinski definition) is 6. The third-order valence-electron chi connectivity index (χ3n) is 7.94. The molecular weight excluding hydrogens is 574 g/mol. The summed E-state index contributed by atoms with van der Waals surface area (Å²) >= 11 is 5.95. The second-order valence-corrected chi connectivity index (χ2v) is 11.0. The van der Waals surface area contributed by atoms with Gasteiger partial charge >= 0.3 is 0 Å². The van der Waals surface area contributed by atoms with Gasteiger partial charge in [-0.05, 0) is 98.7 Å². The highest BCUT2D eigenvalue weighted by atomic mass is 32.1. The minimum Gasteiger partial charge on any atom is -0.494 e. The Balaban J connectivity index is 1.43. The van der Waals surface area contributed by atoms with Gasteiger partial charge in [-0.3, -0.25) is 15.1 Å². The van der Waals surface area contributed by atoms with Crippen LogP contribution in [0.2, 0.25) is 0 Å². The number of pyridine rings is 1. The standard InChI is InChI=1S/C34H31N5O4S/c1-21-9-5-6-11-30(21)43-26-15-12-24(13-16-26)38-33(32(36-34(38)44)28-10-7-8-18-35-28)27-19-22(2)37(23(27)3)29-17-14-25(39(40)41)20-31(29)42-4/h5-20,32-33H,1-4H3,(H,36,44)/t32-,33-/m0/s1. The van der Waals surface area contributed by atoms with E-state index in [4.69, 9.17) is 21.7 Å². The van der Waals surface area contributed by atoms with Gasteiger partial charge in [0, 0.05) is 29.3 Å². The summed E-state index contributed by atoms with van der Waals surface area (Å²) in [6, 6.07) is 28.0. The van der Waals surface area contributed by atoms with Crippen LogP contribution in [0.25, 0.3) is 5.69 Å². The Labute approximate surface area is 260 Å². The largest absolute Gasteiger partial charge is 0.494 e. The molecule has 3 heterocycles. The number of nitro benzene ring substituents is 1. The Hall–Kier alpha value is -5.22. The van der Waals surface area contributed by atoms with Crippen LogP contribution in [0.15, 0.2) is 97.2 Å². The predicted molar refractivity (Wildman–Crippen MR) is 174 cm³/mol. The summed E-state index contributed by atoms with van der Waals surface area (Å²) in [5, 5.41) is 15.5. The fourth-order valence-electron chi connectivity index (χ4n) is 5.84. The van der Waals surface area contributed by atoms with Gasteiger partial charge in [0.2, 0.25) is 0 Å². The number of benzene rings is 3. The number of aromatic nitrogens is 2. The van der Waals surface area contributed by atoms with E-state index in [2.05, 4.69) is 25.8 Å². The minimum atomic E-state index is -0.426. The quantitative estimate of drug-likeness (QED) is 0.109. The summed E-state index contributed by atoms with van der Waals surface area (Å²) in [7, 11) is 1.52. The molecule has 0 aliphatic carbocycles. The number of aryl methyl sites for hydroxylation is 2. The summed E-state index contributed by atoms with van der Waals surface area (Å²) in [5.41, 5.74) is 6.44. The summed E-state index contributed by atoms with van der Waals surface area (Å²) < 4.78 is 13.8. The molecule has 0 saturated carbocycles. The first-order valence-corrected chi connectivity index (χ1v) is 14.5. The molecule has 1 aliphatic rings. The molecule has 0 radical (unpaired) electrons. The van der Waals surface area contributed by atoms with Gasteiger partial charge in [0.25, 0.3) is 5.69 Å². The molecule has 0 bridgehead atoms. The van der Waals surface area contributed by atoms with Crippen LogP contribution >= 0.6 is 12.2 Å². The summed E-state index contributed by atoms with van der Waals surface area (Å²) in [5.74, 6) is 1.94. The van der Waals surface area contributed by atoms with Crippen molar-refractivity contribution in [1.29, 1.82) is 0 Å². The average Bonchev–Trinajstić information content (AvgIpc) is 3.53. The molecule has 2 atom stereocenters. The summed E-state index contributed by atoms with van der Waals surface area (Å²) in [4.78, 5) is 17.8. The van der Waals surface area contributed by atoms with Gasteiger partial charge in [-0.15, -0.1) is 0 Å². The zero-order valence-electron chi connectivity index (χ0n) is 24.7. The van der Waals surface area contributed by atoms with Crippen LogP contribution in [0.1, 0.15) is 40.3 Å². The molecule has 1 aliphatic heterocycles. The number of rotatable bonds is 8. The lowest BCUT2D eigenvalue weighted by Gasteiger charge is -2.28. The van der Waals surface area contributed by atoms with Crippen molar-refractivity contribution in [2.45, 2.75) is 32.9 Å². The van der Waals surface area contributed by atoms with E-state index in [0.29, 0.717) is 16.5 Å². The summed E-state index contributed by atoms with van der Waals surface area (Å²) in [6.07, 6.45) is 1.78. The molecule has 6 rings (SSSR count). The summed E-state index contributed by atoms with van der Waals surface area (Å²) in [6.45, 7) is 6.07. The lowest BCUT2D eigenvalue weighted by molar-refractivity contribution is -0.384. The van der Waals surface area contributed by atoms with Crippen LogP contribution in [-0.4, -0.2) is 26.7 Å². The number of nitrogens with one attached hydrogen (secondary N) is 1. The Kier molecular flexibility index (Phi) is 7.75. The molecule has 0 unspecified atom stereocenters. The van der Waals surface area contributed by atoms with Gasteiger partial charge in [-0.1, -0.05) is 24.3 Å². The fourth-order valence-corrected chi connectivity index (χ4v) is 6.19. The molecule has 222 valence electrons. The number of hydrogen-bond donors (Lipinski definition) is 1. The number of para-hydroxylation sites is 1. The van der Waals surface area contributed by atoms with Crippen molar-refractivity contribution in [2.75, 3.05) is 12.0 Å². The monoisotopic (exact) mass is 605 g/mol. The molecule has 2 aromatic heterocycles. The highest BCUT2D eigenvalue weighted by Gasteiger charge is 2.42. The molecular formula is C34H31N5O4S. The van der Waals surface area contributed by atoms with Gasteiger partial charge in [-0.25, -0.2) is 0 Å². The third kappa shape index (κ3) is 5.24. The molecule has 3 aromatic carbocycles. The molecule has 1 fully saturated rings. The maximum Gasteiger partial charge on any atom is 0.273 e. The van der Waals surface area contributed by atoms with Crippen LogP contribution in [0.5, 0.6) is 17.2 Å². The Morgan fingerprint density at radius 3 is 2.36 bits per heavy atom. The molecule has 0 amide bonds. The molecule has 10 heteroatoms. The second-order valence-electron chi connectivity index (χ2n) is 10.6. The number of thiocarbonyl (C=S) groups is 1. The third-order valence-corrected chi connectivity index (χ3v) is 8.25. The van der Waals surface area contributed by atoms with Crippen LogP contribution < -0.4 is 19.7 Å². The molecule has 5 aromatic rings. The van der Waals surface area contributed by atoms with Crippen LogP contribution in [0, 0.1) is 30.9 Å². The number of methoxy groups -OCH3 is 1. The van der Waals surface area contributed by atoms with Crippen LogP contribution in [-0.2, 0) is 0 Å². The lowest BCUT2D eigenvalue weighted by atomic mass is 9.96. The van der Waals surface area contributed by atoms with Crippen molar-refractivity contribution in [3.8, 4) is 22.9 Å². The van der Waals surface area contributed by atoms with Crippen molar-refractivity contribution in [3.05, 3.63) is 136 Å². The highest BCUT2D eigenvalue weighted by molar-refractivity contribution is 7.80. The van der Waals surface area contributed by atoms with E-state index >= 15 is 0 Å². The molecule has 44 heavy (non-hydrogen) atoms. The molecule has 9 nitrogen and oxygen atoms in total. The van der Waals surface area contributed by atoms with E-state index in [1.54, 1.807) is 12.3 Å². The zero-order chi connectivity index (χ0) is 31.0. The number of nitro groups is 1. The smallest absolute Gasteiger partial charge is 0.273 e. The maximum absolute atomic E-state index is 11.4. The van der Waals surface area contributed by atoms with Gasteiger partial charge in [-0.2, -0.15) is 0 Å². The molecule has 0 spiro atoms. The van der Waals surface area contributed by atoms with Gasteiger partial charge in [0.15, 0.2) is 5.11 Å². The van der Waals surface area contributed by atoms with Gasteiger partial charge in [0.05, 0.1) is 41.6 Å². The zero-order valence-corrected chi connectivity index (χ0v) is 25.5. The topological polar surface area (TPSA) is 94.7 Å². The average molecular weight is 606 g/mol. The fraction of sp³-hybridized carbons (Fsp3) is 0.176. The Morgan fingerprint density at radius 1 is 0.932 bits per heavy atom. The van der Waals surface area contributed by atoms with E-state index in [1.165, 1.54) is 19.2 Å². The number of anilines is 1. The van der Waals surface area contributed by atoms with Gasteiger partial charge in [0.1, 0.15) is 17.2 Å². The highest BCUT2D eigenvalue weighted by Crippen LogP contribution is 2.45. The Morgan fingerprint density at radius 2 is 1.68 bits per heavy atom. The normalized spacial score (nSPS) is 16.1. The van der Waals surface area contributed by atoms with Crippen molar-refractivity contribution >= 4 is 28.7 Å². The van der Waals surface area contributed by atoms with Crippen LogP contribution in [0.3, 0.4) is 0 Å². The predicted octanol–water partition coefficient (Wildman–Crippen LogP) is 7.68. The number of ether oxygens (including phenoxy) is 2. The van der Waals surface area contributed by atoms with E-state index in [-0.39, 0.29) is 17.8 Å². The Bertz CT molecular complexity index is 1860. The first-order valence-electron chi connectivity index (χ1n) is 14.1. The minimum absolute atomic E-state index is 0.0325.